The fraction of sp³-hybridized carbons (Fsp3) is 0.864. The molecule has 0 aliphatic carbocycles. The van der Waals surface area contributed by atoms with Gasteiger partial charge in [0.1, 0.15) is 36.7 Å². The van der Waals surface area contributed by atoms with Crippen LogP contribution in [0.5, 0.6) is 0 Å². The van der Waals surface area contributed by atoms with E-state index in [0.717, 1.165) is 19.3 Å². The van der Waals surface area contributed by atoms with Crippen LogP contribution in [0.2, 0.25) is 0 Å². The largest absolute Gasteiger partial charge is 0.459 e. The Morgan fingerprint density at radius 3 is 2.34 bits per heavy atom. The van der Waals surface area contributed by atoms with Crippen molar-refractivity contribution in [2.75, 3.05) is 7.11 Å². The maximum atomic E-state index is 11.9. The standard InChI is InChI=1S/C22H39N3O7/c1-3-4-5-6-7-8-9-10-11-12-18(26)31-15-16-13-25(24-23-16)14-17-19(27)20(28)21(29)22(30-2)32-17/h13,17,19-22,27-29H,3-12,14-15H2,1-2H3/t17-,19+,20+,21-,22+/m1/s1. The van der Waals surface area contributed by atoms with Gasteiger partial charge in [-0.3, -0.25) is 4.79 Å². The molecular formula is C22H39N3O7. The third-order valence-electron chi connectivity index (χ3n) is 5.72. The molecule has 2 heterocycles. The van der Waals surface area contributed by atoms with Gasteiger partial charge in [-0.15, -0.1) is 5.10 Å². The van der Waals surface area contributed by atoms with Crippen molar-refractivity contribution in [1.82, 2.24) is 15.0 Å². The van der Waals surface area contributed by atoms with Crippen LogP contribution >= 0.6 is 0 Å². The first-order valence-electron chi connectivity index (χ1n) is 11.7. The van der Waals surface area contributed by atoms with Crippen LogP contribution in [0.15, 0.2) is 6.20 Å². The van der Waals surface area contributed by atoms with Gasteiger partial charge >= 0.3 is 5.97 Å². The van der Waals surface area contributed by atoms with Crippen molar-refractivity contribution in [3.63, 3.8) is 0 Å². The number of ether oxygens (including phenoxy) is 3. The Kier molecular flexibility index (Phi) is 12.1. The number of hydrogen-bond acceptors (Lipinski definition) is 9. The van der Waals surface area contributed by atoms with Gasteiger partial charge in [-0.1, -0.05) is 63.5 Å². The third-order valence-corrected chi connectivity index (χ3v) is 5.72. The molecule has 1 aromatic heterocycles. The number of esters is 1. The van der Waals surface area contributed by atoms with Gasteiger partial charge in [-0.25, -0.2) is 4.68 Å². The minimum absolute atomic E-state index is 0.0202. The molecule has 3 N–H and O–H groups in total. The number of hydrogen-bond donors (Lipinski definition) is 3. The third kappa shape index (κ3) is 8.74. The molecule has 0 saturated carbocycles. The molecule has 10 heteroatoms. The quantitative estimate of drug-likeness (QED) is 0.265. The van der Waals surface area contributed by atoms with Gasteiger partial charge in [0.05, 0.1) is 12.7 Å². The second-order valence-corrected chi connectivity index (χ2v) is 8.42. The van der Waals surface area contributed by atoms with E-state index >= 15 is 0 Å². The summed E-state index contributed by atoms with van der Waals surface area (Å²) >= 11 is 0. The van der Waals surface area contributed by atoms with Crippen LogP contribution in [0.1, 0.15) is 76.8 Å². The fourth-order valence-corrected chi connectivity index (χ4v) is 3.75. The average molecular weight is 458 g/mol. The van der Waals surface area contributed by atoms with E-state index in [1.807, 2.05) is 0 Å². The maximum absolute atomic E-state index is 11.9. The summed E-state index contributed by atoms with van der Waals surface area (Å²) in [6.45, 7) is 2.32. The highest BCUT2D eigenvalue weighted by molar-refractivity contribution is 5.69. The molecule has 184 valence electrons. The lowest BCUT2D eigenvalue weighted by molar-refractivity contribution is -0.292. The topological polar surface area (TPSA) is 136 Å². The van der Waals surface area contributed by atoms with Crippen LogP contribution < -0.4 is 0 Å². The monoisotopic (exact) mass is 457 g/mol. The summed E-state index contributed by atoms with van der Waals surface area (Å²) in [4.78, 5) is 11.9. The number of methoxy groups -OCH3 is 1. The van der Waals surface area contributed by atoms with Gasteiger partial charge in [0.25, 0.3) is 0 Å². The normalized spacial score (nSPS) is 25.7. The van der Waals surface area contributed by atoms with Crippen LogP contribution in [0, 0.1) is 0 Å². The van der Waals surface area contributed by atoms with Gasteiger partial charge < -0.3 is 29.5 Å². The second kappa shape index (κ2) is 14.5. The van der Waals surface area contributed by atoms with Crippen LogP contribution in [-0.4, -0.2) is 74.1 Å². The van der Waals surface area contributed by atoms with E-state index in [-0.39, 0.29) is 19.1 Å². The van der Waals surface area contributed by atoms with Crippen molar-refractivity contribution in [1.29, 1.82) is 0 Å². The zero-order chi connectivity index (χ0) is 23.3. The van der Waals surface area contributed by atoms with E-state index in [0.29, 0.717) is 12.1 Å². The van der Waals surface area contributed by atoms with Crippen LogP contribution in [0.25, 0.3) is 0 Å². The van der Waals surface area contributed by atoms with Gasteiger partial charge in [0, 0.05) is 13.5 Å². The second-order valence-electron chi connectivity index (χ2n) is 8.42. The van der Waals surface area contributed by atoms with Crippen LogP contribution in [-0.2, 0) is 32.2 Å². The van der Waals surface area contributed by atoms with Gasteiger partial charge in [-0.2, -0.15) is 0 Å². The Morgan fingerprint density at radius 1 is 1.03 bits per heavy atom. The Bertz CT molecular complexity index is 655. The summed E-state index contributed by atoms with van der Waals surface area (Å²) in [5.41, 5.74) is 0.472. The van der Waals surface area contributed by atoms with E-state index in [4.69, 9.17) is 14.2 Å². The molecule has 32 heavy (non-hydrogen) atoms. The molecule has 0 aromatic carbocycles. The molecular weight excluding hydrogens is 418 g/mol. The van der Waals surface area contributed by atoms with Crippen molar-refractivity contribution in [2.24, 2.45) is 0 Å². The van der Waals surface area contributed by atoms with Gasteiger partial charge in [0.2, 0.25) is 0 Å². The first kappa shape index (κ1) is 26.7. The first-order valence-corrected chi connectivity index (χ1v) is 11.7. The molecule has 1 saturated heterocycles. The number of aromatic nitrogens is 3. The number of carbonyl (C=O) groups excluding carboxylic acids is 1. The van der Waals surface area contributed by atoms with Gasteiger partial charge in [-0.05, 0) is 6.42 Å². The summed E-state index contributed by atoms with van der Waals surface area (Å²) in [6.07, 6.45) is 6.74. The SMILES string of the molecule is CCCCCCCCCCCC(=O)OCc1cn(C[C@H]2O[C@H](OC)[C@H](O)[C@@H](O)[C@H]2O)nn1. The lowest BCUT2D eigenvalue weighted by Gasteiger charge is -2.39. The van der Waals surface area contributed by atoms with Crippen LogP contribution in [0.3, 0.4) is 0 Å². The number of carbonyl (C=O) groups is 1. The molecule has 1 aliphatic heterocycles. The smallest absolute Gasteiger partial charge is 0.306 e. The molecule has 0 radical (unpaired) electrons. The molecule has 5 atom stereocenters. The van der Waals surface area contributed by atoms with E-state index in [2.05, 4.69) is 17.2 Å². The molecule has 2 rings (SSSR count). The highest BCUT2D eigenvalue weighted by Gasteiger charge is 2.44. The molecule has 1 fully saturated rings. The lowest BCUT2D eigenvalue weighted by Crippen LogP contribution is -2.58. The van der Waals surface area contributed by atoms with E-state index in [1.165, 1.54) is 50.3 Å². The zero-order valence-corrected chi connectivity index (χ0v) is 19.3. The van der Waals surface area contributed by atoms with E-state index in [9.17, 15) is 20.1 Å². The number of aliphatic hydroxyl groups is 3. The molecule has 10 nitrogen and oxygen atoms in total. The van der Waals surface area contributed by atoms with E-state index in [1.54, 1.807) is 6.20 Å². The number of aliphatic hydroxyl groups excluding tert-OH is 3. The Balaban J connectivity index is 1.62. The first-order chi connectivity index (χ1) is 15.5. The van der Waals surface area contributed by atoms with Crippen molar-refractivity contribution >= 4 is 5.97 Å². The predicted octanol–water partition coefficient (Wildman–Crippen LogP) is 1.70. The predicted molar refractivity (Wildman–Crippen MR) is 115 cm³/mol. The van der Waals surface area contributed by atoms with E-state index < -0.39 is 30.7 Å². The Labute approximate surface area is 189 Å². The molecule has 0 spiro atoms. The molecule has 1 aliphatic rings. The molecule has 0 bridgehead atoms. The number of unbranched alkanes of at least 4 members (excludes halogenated alkanes) is 8. The average Bonchev–Trinajstić information content (AvgIpc) is 3.24. The van der Waals surface area contributed by atoms with Crippen molar-refractivity contribution in [3.8, 4) is 0 Å². The molecule has 0 unspecified atom stereocenters. The highest BCUT2D eigenvalue weighted by atomic mass is 16.7. The minimum Gasteiger partial charge on any atom is -0.459 e. The minimum atomic E-state index is -1.40. The maximum Gasteiger partial charge on any atom is 0.306 e. The molecule has 1 aromatic rings. The number of nitrogens with zero attached hydrogens (tertiary/aromatic N) is 3. The Hall–Kier alpha value is -1.59. The summed E-state index contributed by atoms with van der Waals surface area (Å²) in [6, 6.07) is 0. The lowest BCUT2D eigenvalue weighted by atomic mass is 9.99. The zero-order valence-electron chi connectivity index (χ0n) is 19.3. The van der Waals surface area contributed by atoms with Gasteiger partial charge in [0.15, 0.2) is 6.29 Å². The highest BCUT2D eigenvalue weighted by Crippen LogP contribution is 2.22. The van der Waals surface area contributed by atoms with Crippen molar-refractivity contribution in [2.45, 2.75) is 115 Å². The summed E-state index contributed by atoms with van der Waals surface area (Å²) in [7, 11) is 1.34. The summed E-state index contributed by atoms with van der Waals surface area (Å²) in [5.74, 6) is -0.256. The summed E-state index contributed by atoms with van der Waals surface area (Å²) in [5, 5.41) is 37.8. The fourth-order valence-electron chi connectivity index (χ4n) is 3.75. The molecule has 0 amide bonds. The van der Waals surface area contributed by atoms with Crippen LogP contribution in [0.4, 0.5) is 0 Å². The Morgan fingerprint density at radius 2 is 1.69 bits per heavy atom. The van der Waals surface area contributed by atoms with Crippen molar-refractivity contribution < 1.29 is 34.3 Å². The number of rotatable bonds is 15. The van der Waals surface area contributed by atoms with Crippen molar-refractivity contribution in [3.05, 3.63) is 11.9 Å². The summed E-state index contributed by atoms with van der Waals surface area (Å²) < 4.78 is 17.2.